The summed E-state index contributed by atoms with van der Waals surface area (Å²) in [5, 5.41) is 0.178. The van der Waals surface area contributed by atoms with E-state index in [1.165, 1.54) is 0 Å². The average molecular weight is 258 g/mol. The van der Waals surface area contributed by atoms with Crippen molar-refractivity contribution in [2.45, 2.75) is 13.3 Å². The zero-order valence-corrected chi connectivity index (χ0v) is 10.5. The molecule has 6 heteroatoms. The monoisotopic (exact) mass is 257 g/mol. The third-order valence-corrected chi connectivity index (χ3v) is 3.24. The molecule has 1 amide bonds. The van der Waals surface area contributed by atoms with Crippen LogP contribution in [0.2, 0.25) is 5.28 Å². The number of carbonyl (C=O) groups excluding carboxylic acids is 1. The van der Waals surface area contributed by atoms with Crippen LogP contribution in [0.4, 0.5) is 5.82 Å². The second-order valence-electron chi connectivity index (χ2n) is 3.89. The summed E-state index contributed by atoms with van der Waals surface area (Å²) in [5.74, 6) is 1.67. The molecule has 0 bridgehead atoms. The lowest BCUT2D eigenvalue weighted by molar-refractivity contribution is -0.117. The van der Waals surface area contributed by atoms with Gasteiger partial charge in [0.2, 0.25) is 11.2 Å². The Labute approximate surface area is 104 Å². The van der Waals surface area contributed by atoms with Gasteiger partial charge >= 0.3 is 0 Å². The van der Waals surface area contributed by atoms with Gasteiger partial charge < -0.3 is 0 Å². The van der Waals surface area contributed by atoms with Crippen molar-refractivity contribution in [2.75, 3.05) is 17.2 Å². The summed E-state index contributed by atoms with van der Waals surface area (Å²) in [6.07, 6.45) is 0.532. The topological polar surface area (TPSA) is 46.1 Å². The normalized spacial score (nSPS) is 20.6. The molecule has 0 saturated carbocycles. The van der Waals surface area contributed by atoms with Crippen molar-refractivity contribution in [1.29, 1.82) is 0 Å². The molecule has 1 aliphatic rings. The fourth-order valence-electron chi connectivity index (χ4n) is 1.78. The zero-order chi connectivity index (χ0) is 11.7. The smallest absolute Gasteiger partial charge is 0.228 e. The first-order chi connectivity index (χ1) is 7.60. The maximum absolute atomic E-state index is 11.8. The Morgan fingerprint density at radius 2 is 2.38 bits per heavy atom. The minimum absolute atomic E-state index is 0.0771. The van der Waals surface area contributed by atoms with Crippen LogP contribution in [-0.2, 0) is 4.79 Å². The van der Waals surface area contributed by atoms with Gasteiger partial charge in [-0.15, -0.1) is 0 Å². The molecule has 86 valence electrons. The van der Waals surface area contributed by atoms with E-state index in [4.69, 9.17) is 11.6 Å². The van der Waals surface area contributed by atoms with Gasteiger partial charge in [0.1, 0.15) is 5.82 Å². The molecule has 2 rings (SSSR count). The molecule has 1 aromatic rings. The first kappa shape index (κ1) is 11.7. The van der Waals surface area contributed by atoms with Crippen LogP contribution < -0.4 is 4.90 Å². The van der Waals surface area contributed by atoms with Gasteiger partial charge in [-0.05, 0) is 30.2 Å². The Kier molecular flexibility index (Phi) is 3.35. The molecule has 0 radical (unpaired) electrons. The molecule has 0 N–H and O–H groups in total. The average Bonchev–Trinajstić information content (AvgIpc) is 2.58. The molecule has 1 fully saturated rings. The van der Waals surface area contributed by atoms with Crippen molar-refractivity contribution in [2.24, 2.45) is 5.92 Å². The molecule has 4 nitrogen and oxygen atoms in total. The van der Waals surface area contributed by atoms with Gasteiger partial charge in [-0.3, -0.25) is 9.69 Å². The number of rotatable bonds is 2. The van der Waals surface area contributed by atoms with Crippen molar-refractivity contribution in [1.82, 2.24) is 9.97 Å². The van der Waals surface area contributed by atoms with Gasteiger partial charge in [-0.1, -0.05) is 0 Å². The molecular weight excluding hydrogens is 246 g/mol. The van der Waals surface area contributed by atoms with Crippen molar-refractivity contribution in [3.05, 3.63) is 17.0 Å². The summed E-state index contributed by atoms with van der Waals surface area (Å²) in [6.45, 7) is 2.49. The number of thiol groups is 1. The van der Waals surface area contributed by atoms with E-state index in [0.29, 0.717) is 30.5 Å². The number of halogens is 1. The number of aryl methyl sites for hydroxylation is 1. The molecule has 1 unspecified atom stereocenters. The highest BCUT2D eigenvalue weighted by Crippen LogP contribution is 2.25. The molecule has 1 aromatic heterocycles. The van der Waals surface area contributed by atoms with Crippen LogP contribution in [0.1, 0.15) is 12.1 Å². The van der Waals surface area contributed by atoms with E-state index in [-0.39, 0.29) is 11.2 Å². The summed E-state index contributed by atoms with van der Waals surface area (Å²) >= 11 is 9.98. The van der Waals surface area contributed by atoms with E-state index in [1.807, 2.05) is 6.92 Å². The van der Waals surface area contributed by atoms with Crippen molar-refractivity contribution in [3.8, 4) is 0 Å². The van der Waals surface area contributed by atoms with E-state index in [9.17, 15) is 4.79 Å². The number of hydrogen-bond acceptors (Lipinski definition) is 4. The Bertz CT molecular complexity index is 406. The summed E-state index contributed by atoms with van der Waals surface area (Å²) in [4.78, 5) is 21.5. The molecule has 1 saturated heterocycles. The fraction of sp³-hybridized carbons (Fsp3) is 0.500. The number of aromatic nitrogens is 2. The second kappa shape index (κ2) is 4.59. The van der Waals surface area contributed by atoms with Crippen LogP contribution in [-0.4, -0.2) is 28.2 Å². The van der Waals surface area contributed by atoms with Crippen molar-refractivity contribution in [3.63, 3.8) is 0 Å². The molecule has 0 aliphatic carbocycles. The molecule has 0 aromatic carbocycles. The maximum atomic E-state index is 11.8. The van der Waals surface area contributed by atoms with E-state index in [0.717, 1.165) is 5.69 Å². The Morgan fingerprint density at radius 1 is 1.62 bits per heavy atom. The lowest BCUT2D eigenvalue weighted by atomic mass is 10.1. The minimum atomic E-state index is 0.0771. The largest absolute Gasteiger partial charge is 0.296 e. The van der Waals surface area contributed by atoms with Crippen molar-refractivity contribution >= 4 is 36.0 Å². The maximum Gasteiger partial charge on any atom is 0.228 e. The van der Waals surface area contributed by atoms with E-state index < -0.39 is 0 Å². The van der Waals surface area contributed by atoms with Gasteiger partial charge in [0.25, 0.3) is 0 Å². The SMILES string of the molecule is Cc1cc(N2CC(CS)CC2=O)nc(Cl)n1. The van der Waals surface area contributed by atoms with E-state index in [1.54, 1.807) is 11.0 Å². The van der Waals surface area contributed by atoms with E-state index >= 15 is 0 Å². The molecule has 0 spiro atoms. The first-order valence-corrected chi connectivity index (χ1v) is 6.03. The quantitative estimate of drug-likeness (QED) is 0.648. The third-order valence-electron chi connectivity index (χ3n) is 2.55. The fourth-order valence-corrected chi connectivity index (χ4v) is 2.24. The van der Waals surface area contributed by atoms with Gasteiger partial charge in [0, 0.05) is 24.7 Å². The number of nitrogens with zero attached hydrogens (tertiary/aromatic N) is 3. The highest BCUT2D eigenvalue weighted by atomic mass is 35.5. The predicted molar refractivity (Wildman–Crippen MR) is 66.1 cm³/mol. The molecule has 1 atom stereocenters. The number of hydrogen-bond donors (Lipinski definition) is 1. The molecule has 2 heterocycles. The second-order valence-corrected chi connectivity index (χ2v) is 4.60. The number of anilines is 1. The molecule has 1 aliphatic heterocycles. The third kappa shape index (κ3) is 2.30. The van der Waals surface area contributed by atoms with E-state index in [2.05, 4.69) is 22.6 Å². The highest BCUT2D eigenvalue weighted by molar-refractivity contribution is 7.80. The lowest BCUT2D eigenvalue weighted by Gasteiger charge is -2.15. The van der Waals surface area contributed by atoms with Gasteiger partial charge in [0.05, 0.1) is 0 Å². The summed E-state index contributed by atoms with van der Waals surface area (Å²) in [7, 11) is 0. The highest BCUT2D eigenvalue weighted by Gasteiger charge is 2.30. The zero-order valence-electron chi connectivity index (χ0n) is 8.85. The summed E-state index contributed by atoms with van der Waals surface area (Å²) < 4.78 is 0. The number of carbonyl (C=O) groups is 1. The van der Waals surface area contributed by atoms with Crippen LogP contribution in [0.15, 0.2) is 6.07 Å². The number of amides is 1. The predicted octanol–water partition coefficient (Wildman–Crippen LogP) is 1.72. The van der Waals surface area contributed by atoms with Crippen LogP contribution in [0.25, 0.3) is 0 Å². The lowest BCUT2D eigenvalue weighted by Crippen LogP contribution is -2.26. The van der Waals surface area contributed by atoms with Crippen molar-refractivity contribution < 1.29 is 4.79 Å². The Hall–Kier alpha value is -0.810. The van der Waals surface area contributed by atoms with Gasteiger partial charge in [-0.25, -0.2) is 9.97 Å². The Morgan fingerprint density at radius 3 is 2.94 bits per heavy atom. The van der Waals surface area contributed by atoms with Gasteiger partial charge in [-0.2, -0.15) is 12.6 Å². The standard InChI is InChI=1S/C10H12ClN3OS/c1-6-2-8(13-10(11)12-6)14-4-7(5-16)3-9(14)15/h2,7,16H,3-5H2,1H3. The Balaban J connectivity index is 2.27. The van der Waals surface area contributed by atoms with Gasteiger partial charge in [0.15, 0.2) is 0 Å². The van der Waals surface area contributed by atoms with Crippen LogP contribution in [0.3, 0.4) is 0 Å². The minimum Gasteiger partial charge on any atom is -0.296 e. The molecular formula is C10H12ClN3OS. The van der Waals surface area contributed by atoms with Crippen LogP contribution in [0, 0.1) is 12.8 Å². The summed E-state index contributed by atoms with van der Waals surface area (Å²) in [5.41, 5.74) is 0.761. The summed E-state index contributed by atoms with van der Waals surface area (Å²) in [6, 6.07) is 1.77. The van der Waals surface area contributed by atoms with Crippen LogP contribution in [0.5, 0.6) is 0 Å². The first-order valence-electron chi connectivity index (χ1n) is 5.02. The van der Waals surface area contributed by atoms with Crippen LogP contribution >= 0.6 is 24.2 Å². The molecule has 16 heavy (non-hydrogen) atoms.